The lowest BCUT2D eigenvalue weighted by molar-refractivity contribution is -0.125. The summed E-state index contributed by atoms with van der Waals surface area (Å²) in [5.74, 6) is -0.0299. The molecule has 0 saturated carbocycles. The van der Waals surface area contributed by atoms with E-state index < -0.39 is 0 Å². The molecule has 19 heavy (non-hydrogen) atoms. The van der Waals surface area contributed by atoms with E-state index >= 15 is 0 Å². The maximum Gasteiger partial charge on any atom is 0.265 e. The summed E-state index contributed by atoms with van der Waals surface area (Å²) in [6.45, 7) is -0.138. The van der Waals surface area contributed by atoms with Crippen LogP contribution in [0.1, 0.15) is 0 Å². The first-order valence-corrected chi connectivity index (χ1v) is 6.51. The predicted molar refractivity (Wildman–Crippen MR) is 72.1 cm³/mol. The van der Waals surface area contributed by atoms with Gasteiger partial charge in [-0.25, -0.2) is 0 Å². The summed E-state index contributed by atoms with van der Waals surface area (Å²) in [5.41, 5.74) is 0.560. The third-order valence-corrected chi connectivity index (χ3v) is 3.09. The summed E-state index contributed by atoms with van der Waals surface area (Å²) in [5, 5.41) is 11.2. The lowest BCUT2D eigenvalue weighted by Gasteiger charge is -2.29. The zero-order chi connectivity index (χ0) is 13.8. The number of fused-ring (bicyclic) bond motifs is 1. The van der Waals surface area contributed by atoms with E-state index in [1.807, 2.05) is 0 Å². The van der Waals surface area contributed by atoms with Crippen LogP contribution in [0.5, 0.6) is 5.75 Å². The highest BCUT2D eigenvalue weighted by molar-refractivity contribution is 9.10. The molecular formula is C12H13BrN2O4. The Bertz CT molecular complexity index is 507. The van der Waals surface area contributed by atoms with Crippen LogP contribution in [0, 0.1) is 0 Å². The number of anilines is 1. The number of rotatable bonds is 4. The number of carbonyl (C=O) groups is 2. The third kappa shape index (κ3) is 3.24. The molecular weight excluding hydrogens is 316 g/mol. The first kappa shape index (κ1) is 13.8. The molecule has 2 N–H and O–H groups in total. The molecule has 0 aliphatic carbocycles. The van der Waals surface area contributed by atoms with E-state index in [0.717, 1.165) is 4.47 Å². The van der Waals surface area contributed by atoms with Gasteiger partial charge in [0.25, 0.3) is 5.91 Å². The van der Waals surface area contributed by atoms with Gasteiger partial charge in [-0.05, 0) is 18.2 Å². The number of halogens is 1. The van der Waals surface area contributed by atoms with Crippen LogP contribution in [0.2, 0.25) is 0 Å². The lowest BCUT2D eigenvalue weighted by atomic mass is 10.2. The maximum atomic E-state index is 11.8. The van der Waals surface area contributed by atoms with Gasteiger partial charge in [0.05, 0.1) is 12.3 Å². The molecule has 0 unspecified atom stereocenters. The minimum atomic E-state index is -0.324. The fraction of sp³-hybridized carbons (Fsp3) is 0.333. The molecule has 0 spiro atoms. The van der Waals surface area contributed by atoms with Crippen molar-refractivity contribution in [1.29, 1.82) is 0 Å². The van der Waals surface area contributed by atoms with Gasteiger partial charge in [-0.3, -0.25) is 14.5 Å². The molecule has 1 aromatic carbocycles. The number of aliphatic hydroxyl groups excluding tert-OH is 1. The fourth-order valence-corrected chi connectivity index (χ4v) is 2.09. The van der Waals surface area contributed by atoms with Crippen LogP contribution in [0.4, 0.5) is 5.69 Å². The van der Waals surface area contributed by atoms with Crippen LogP contribution in [0.25, 0.3) is 0 Å². The molecule has 102 valence electrons. The van der Waals surface area contributed by atoms with Crippen molar-refractivity contribution >= 4 is 33.4 Å². The smallest absolute Gasteiger partial charge is 0.265 e. The van der Waals surface area contributed by atoms with Gasteiger partial charge in [0.15, 0.2) is 6.61 Å². The van der Waals surface area contributed by atoms with E-state index in [-0.39, 0.29) is 38.1 Å². The molecule has 2 rings (SSSR count). The summed E-state index contributed by atoms with van der Waals surface area (Å²) < 4.78 is 6.10. The molecule has 1 aromatic rings. The summed E-state index contributed by atoms with van der Waals surface area (Å²) >= 11 is 3.32. The standard InChI is InChI=1S/C12H13BrN2O4/c13-8-1-2-10-9(5-8)15(12(18)7-19-10)6-11(17)14-3-4-16/h1-2,5,16H,3-4,6-7H2,(H,14,17). The second-order valence-corrected chi connectivity index (χ2v) is 4.87. The largest absolute Gasteiger partial charge is 0.482 e. The first-order valence-electron chi connectivity index (χ1n) is 5.72. The van der Waals surface area contributed by atoms with Gasteiger partial charge < -0.3 is 15.2 Å². The number of hydrogen-bond acceptors (Lipinski definition) is 4. The van der Waals surface area contributed by atoms with Crippen molar-refractivity contribution in [3.63, 3.8) is 0 Å². The zero-order valence-corrected chi connectivity index (χ0v) is 11.6. The average molecular weight is 329 g/mol. The number of aliphatic hydroxyl groups is 1. The van der Waals surface area contributed by atoms with Gasteiger partial charge in [0, 0.05) is 11.0 Å². The Morgan fingerprint density at radius 2 is 2.32 bits per heavy atom. The summed E-state index contributed by atoms with van der Waals surface area (Å²) in [4.78, 5) is 24.8. The van der Waals surface area contributed by atoms with E-state index in [1.165, 1.54) is 4.90 Å². The van der Waals surface area contributed by atoms with Crippen molar-refractivity contribution < 1.29 is 19.4 Å². The number of amides is 2. The van der Waals surface area contributed by atoms with Crippen molar-refractivity contribution in [2.75, 3.05) is 31.2 Å². The Labute approximate surface area is 118 Å². The minimum absolute atomic E-state index is 0.0814. The molecule has 6 nitrogen and oxygen atoms in total. The molecule has 0 fully saturated rings. The predicted octanol–water partition coefficient (Wildman–Crippen LogP) is 0.283. The molecule has 0 radical (unpaired) electrons. The second-order valence-electron chi connectivity index (χ2n) is 3.95. The number of ether oxygens (including phenoxy) is 1. The molecule has 0 bridgehead atoms. The van der Waals surface area contributed by atoms with Gasteiger partial charge in [0.1, 0.15) is 12.3 Å². The van der Waals surface area contributed by atoms with Gasteiger partial charge in [-0.1, -0.05) is 15.9 Å². The van der Waals surface area contributed by atoms with Crippen molar-refractivity contribution in [2.24, 2.45) is 0 Å². The molecule has 2 amide bonds. The fourth-order valence-electron chi connectivity index (χ4n) is 1.74. The average Bonchev–Trinajstić information content (AvgIpc) is 2.40. The van der Waals surface area contributed by atoms with Crippen molar-refractivity contribution in [3.8, 4) is 5.75 Å². The second kappa shape index (κ2) is 6.03. The van der Waals surface area contributed by atoms with Crippen molar-refractivity contribution in [3.05, 3.63) is 22.7 Å². The Hall–Kier alpha value is -1.60. The minimum Gasteiger partial charge on any atom is -0.482 e. The number of hydrogen-bond donors (Lipinski definition) is 2. The quantitative estimate of drug-likeness (QED) is 0.832. The highest BCUT2D eigenvalue weighted by Gasteiger charge is 2.27. The number of carbonyl (C=O) groups excluding carboxylic acids is 2. The summed E-state index contributed by atoms with van der Waals surface area (Å²) in [6, 6.07) is 5.27. The van der Waals surface area contributed by atoms with Crippen LogP contribution < -0.4 is 15.0 Å². The molecule has 1 aliphatic rings. The monoisotopic (exact) mass is 328 g/mol. The molecule has 7 heteroatoms. The first-order chi connectivity index (χ1) is 9.11. The maximum absolute atomic E-state index is 11.8. The van der Waals surface area contributed by atoms with Gasteiger partial charge >= 0.3 is 0 Å². The molecule has 1 aliphatic heterocycles. The molecule has 1 heterocycles. The van der Waals surface area contributed by atoms with Crippen molar-refractivity contribution in [1.82, 2.24) is 5.32 Å². The Balaban J connectivity index is 2.18. The van der Waals surface area contributed by atoms with Crippen LogP contribution in [-0.2, 0) is 9.59 Å². The van der Waals surface area contributed by atoms with Crippen LogP contribution >= 0.6 is 15.9 Å². The van der Waals surface area contributed by atoms with E-state index in [9.17, 15) is 9.59 Å². The summed E-state index contributed by atoms with van der Waals surface area (Å²) in [6.07, 6.45) is 0. The lowest BCUT2D eigenvalue weighted by Crippen LogP contribution is -2.45. The van der Waals surface area contributed by atoms with Crippen LogP contribution in [-0.4, -0.2) is 43.2 Å². The topological polar surface area (TPSA) is 78.9 Å². The number of nitrogens with one attached hydrogen (secondary N) is 1. The third-order valence-electron chi connectivity index (χ3n) is 2.60. The van der Waals surface area contributed by atoms with Gasteiger partial charge in [-0.2, -0.15) is 0 Å². The van der Waals surface area contributed by atoms with Crippen LogP contribution in [0.15, 0.2) is 22.7 Å². The van der Waals surface area contributed by atoms with E-state index in [0.29, 0.717) is 11.4 Å². The highest BCUT2D eigenvalue weighted by atomic mass is 79.9. The Morgan fingerprint density at radius 3 is 3.05 bits per heavy atom. The summed E-state index contributed by atoms with van der Waals surface area (Å²) in [7, 11) is 0. The van der Waals surface area contributed by atoms with E-state index in [4.69, 9.17) is 9.84 Å². The zero-order valence-electron chi connectivity index (χ0n) is 10.1. The van der Waals surface area contributed by atoms with Gasteiger partial charge in [-0.15, -0.1) is 0 Å². The number of benzene rings is 1. The van der Waals surface area contributed by atoms with Crippen LogP contribution in [0.3, 0.4) is 0 Å². The SMILES string of the molecule is O=C(CN1C(=O)COc2ccc(Br)cc21)NCCO. The molecule has 0 aromatic heterocycles. The number of nitrogens with zero attached hydrogens (tertiary/aromatic N) is 1. The molecule has 0 atom stereocenters. The van der Waals surface area contributed by atoms with E-state index in [2.05, 4.69) is 21.2 Å². The Morgan fingerprint density at radius 1 is 1.53 bits per heavy atom. The Kier molecular flexibility index (Phi) is 4.39. The van der Waals surface area contributed by atoms with Gasteiger partial charge in [0.2, 0.25) is 5.91 Å². The molecule has 0 saturated heterocycles. The normalized spacial score (nSPS) is 13.8. The highest BCUT2D eigenvalue weighted by Crippen LogP contribution is 2.34. The van der Waals surface area contributed by atoms with Crippen molar-refractivity contribution in [2.45, 2.75) is 0 Å². The van der Waals surface area contributed by atoms with E-state index in [1.54, 1.807) is 18.2 Å².